The van der Waals surface area contributed by atoms with Crippen molar-refractivity contribution in [3.63, 3.8) is 0 Å². The molecule has 1 aromatic rings. The monoisotopic (exact) mass is 222 g/mol. The Morgan fingerprint density at radius 1 is 1.50 bits per heavy atom. The number of hydrogen-bond acceptors (Lipinski definition) is 5. The number of aliphatic hydroxyl groups excluding tert-OH is 1. The van der Waals surface area contributed by atoms with Crippen molar-refractivity contribution in [3.05, 3.63) is 12.3 Å². The summed E-state index contributed by atoms with van der Waals surface area (Å²) in [4.78, 5) is 8.34. The summed E-state index contributed by atoms with van der Waals surface area (Å²) in [6.07, 6.45) is 2.26. The average molecular weight is 222 g/mol. The first-order valence-corrected chi connectivity index (χ1v) is 5.49. The number of nitrogens with zero attached hydrogens (tertiary/aromatic N) is 2. The smallest absolute Gasteiger partial charge is 0.224 e. The fourth-order valence-electron chi connectivity index (χ4n) is 1.89. The van der Waals surface area contributed by atoms with Crippen LogP contribution in [0.5, 0.6) is 0 Å². The third-order valence-electron chi connectivity index (χ3n) is 3.42. The molecule has 88 valence electrons. The minimum Gasteiger partial charge on any atom is -0.392 e. The van der Waals surface area contributed by atoms with Gasteiger partial charge in [-0.2, -0.15) is 4.98 Å². The zero-order chi connectivity index (χ0) is 11.8. The van der Waals surface area contributed by atoms with Gasteiger partial charge in [-0.15, -0.1) is 0 Å². The molecule has 0 saturated heterocycles. The highest BCUT2D eigenvalue weighted by Gasteiger charge is 2.47. The Morgan fingerprint density at radius 3 is 2.81 bits per heavy atom. The number of hydrogen-bond donors (Lipinski definition) is 3. The van der Waals surface area contributed by atoms with Crippen LogP contribution in [0.3, 0.4) is 0 Å². The Labute approximate surface area is 95.3 Å². The van der Waals surface area contributed by atoms with E-state index in [-0.39, 0.29) is 17.6 Å². The Kier molecular flexibility index (Phi) is 2.71. The van der Waals surface area contributed by atoms with E-state index >= 15 is 0 Å². The van der Waals surface area contributed by atoms with Gasteiger partial charge in [0.1, 0.15) is 5.82 Å². The fourth-order valence-corrected chi connectivity index (χ4v) is 1.89. The summed E-state index contributed by atoms with van der Waals surface area (Å²) in [5.41, 5.74) is -0.0925. The van der Waals surface area contributed by atoms with Crippen LogP contribution in [0.25, 0.3) is 0 Å². The van der Waals surface area contributed by atoms with Crippen LogP contribution < -0.4 is 10.6 Å². The van der Waals surface area contributed by atoms with E-state index in [0.29, 0.717) is 5.95 Å². The van der Waals surface area contributed by atoms with Crippen LogP contribution in [0.2, 0.25) is 0 Å². The summed E-state index contributed by atoms with van der Waals surface area (Å²) in [6.45, 7) is 4.11. The molecule has 2 atom stereocenters. The number of aliphatic hydroxyl groups is 1. The normalized spacial score (nSPS) is 27.0. The number of anilines is 2. The highest BCUT2D eigenvalue weighted by Crippen LogP contribution is 2.41. The third kappa shape index (κ3) is 1.82. The predicted octanol–water partition coefficient (Wildman–Crippen LogP) is 1.09. The van der Waals surface area contributed by atoms with Crippen LogP contribution in [0.1, 0.15) is 20.3 Å². The summed E-state index contributed by atoms with van der Waals surface area (Å²) >= 11 is 0. The lowest BCUT2D eigenvalue weighted by Crippen LogP contribution is -2.57. The van der Waals surface area contributed by atoms with E-state index in [4.69, 9.17) is 0 Å². The van der Waals surface area contributed by atoms with Crippen molar-refractivity contribution in [1.82, 2.24) is 9.97 Å². The highest BCUT2D eigenvalue weighted by molar-refractivity contribution is 5.41. The molecule has 1 saturated carbocycles. The molecule has 0 aliphatic heterocycles. The van der Waals surface area contributed by atoms with Crippen LogP contribution >= 0.6 is 0 Å². The summed E-state index contributed by atoms with van der Waals surface area (Å²) in [5, 5.41) is 15.9. The lowest BCUT2D eigenvalue weighted by molar-refractivity contribution is -0.0511. The first-order valence-electron chi connectivity index (χ1n) is 5.49. The third-order valence-corrected chi connectivity index (χ3v) is 3.42. The van der Waals surface area contributed by atoms with Crippen molar-refractivity contribution in [2.24, 2.45) is 5.41 Å². The molecule has 0 aromatic carbocycles. The minimum atomic E-state index is -0.226. The number of aromatic nitrogens is 2. The molecule has 16 heavy (non-hydrogen) atoms. The lowest BCUT2D eigenvalue weighted by atomic mass is 9.64. The SMILES string of the molecule is CNc1nccc(NC2CC(O)C2(C)C)n1. The second kappa shape index (κ2) is 3.90. The van der Waals surface area contributed by atoms with E-state index in [9.17, 15) is 5.11 Å². The van der Waals surface area contributed by atoms with Crippen molar-refractivity contribution in [2.45, 2.75) is 32.4 Å². The molecule has 3 N–H and O–H groups in total. The molecule has 1 fully saturated rings. The van der Waals surface area contributed by atoms with Gasteiger partial charge >= 0.3 is 0 Å². The van der Waals surface area contributed by atoms with Gasteiger partial charge in [-0.1, -0.05) is 13.8 Å². The van der Waals surface area contributed by atoms with E-state index in [2.05, 4.69) is 34.4 Å². The summed E-state index contributed by atoms with van der Waals surface area (Å²) in [6, 6.07) is 2.10. The molecule has 2 unspecified atom stereocenters. The van der Waals surface area contributed by atoms with Gasteiger partial charge in [0.2, 0.25) is 5.95 Å². The van der Waals surface area contributed by atoms with E-state index in [1.54, 1.807) is 13.2 Å². The van der Waals surface area contributed by atoms with Gasteiger partial charge in [0, 0.05) is 24.7 Å². The molecule has 1 aromatic heterocycles. The van der Waals surface area contributed by atoms with E-state index in [0.717, 1.165) is 12.2 Å². The van der Waals surface area contributed by atoms with E-state index in [1.807, 2.05) is 6.07 Å². The van der Waals surface area contributed by atoms with Gasteiger partial charge in [0.25, 0.3) is 0 Å². The van der Waals surface area contributed by atoms with Crippen molar-refractivity contribution in [3.8, 4) is 0 Å². The molecule has 0 bridgehead atoms. The van der Waals surface area contributed by atoms with Crippen LogP contribution in [-0.4, -0.2) is 34.3 Å². The zero-order valence-electron chi connectivity index (χ0n) is 9.86. The maximum atomic E-state index is 9.64. The quantitative estimate of drug-likeness (QED) is 0.714. The van der Waals surface area contributed by atoms with Gasteiger partial charge in [-0.25, -0.2) is 4.98 Å². The van der Waals surface area contributed by atoms with Gasteiger partial charge in [0.05, 0.1) is 6.10 Å². The van der Waals surface area contributed by atoms with E-state index in [1.165, 1.54) is 0 Å². The van der Waals surface area contributed by atoms with Gasteiger partial charge in [-0.3, -0.25) is 0 Å². The van der Waals surface area contributed by atoms with Crippen LogP contribution in [-0.2, 0) is 0 Å². The van der Waals surface area contributed by atoms with E-state index < -0.39 is 0 Å². The Bertz CT molecular complexity index is 380. The Balaban J connectivity index is 2.05. The maximum Gasteiger partial charge on any atom is 0.224 e. The van der Waals surface area contributed by atoms with Crippen LogP contribution in [0.4, 0.5) is 11.8 Å². The zero-order valence-corrected chi connectivity index (χ0v) is 9.86. The molecular weight excluding hydrogens is 204 g/mol. The lowest BCUT2D eigenvalue weighted by Gasteiger charge is -2.49. The molecule has 0 radical (unpaired) electrons. The highest BCUT2D eigenvalue weighted by atomic mass is 16.3. The summed E-state index contributed by atoms with van der Waals surface area (Å²) in [5.74, 6) is 1.40. The molecule has 1 aliphatic rings. The standard InChI is InChI=1S/C11H18N4O/c1-11(2)7(6-8(11)16)14-9-4-5-13-10(12-3)15-9/h4-5,7-8,16H,6H2,1-3H3,(H2,12,13,14,15). The minimum absolute atomic E-state index is 0.0925. The molecule has 5 heteroatoms. The molecule has 2 rings (SSSR count). The summed E-state index contributed by atoms with van der Waals surface area (Å²) in [7, 11) is 1.79. The number of nitrogens with one attached hydrogen (secondary N) is 2. The largest absolute Gasteiger partial charge is 0.392 e. The van der Waals surface area contributed by atoms with Crippen LogP contribution in [0.15, 0.2) is 12.3 Å². The van der Waals surface area contributed by atoms with Crippen molar-refractivity contribution in [2.75, 3.05) is 17.7 Å². The molecule has 0 spiro atoms. The van der Waals surface area contributed by atoms with Crippen molar-refractivity contribution in [1.29, 1.82) is 0 Å². The Morgan fingerprint density at radius 2 is 2.25 bits per heavy atom. The van der Waals surface area contributed by atoms with Crippen molar-refractivity contribution < 1.29 is 5.11 Å². The van der Waals surface area contributed by atoms with Crippen molar-refractivity contribution >= 4 is 11.8 Å². The summed E-state index contributed by atoms with van der Waals surface area (Å²) < 4.78 is 0. The van der Waals surface area contributed by atoms with Gasteiger partial charge in [-0.05, 0) is 12.5 Å². The predicted molar refractivity (Wildman–Crippen MR) is 63.4 cm³/mol. The first-order chi connectivity index (χ1) is 7.54. The first kappa shape index (κ1) is 11.1. The maximum absolute atomic E-state index is 9.64. The fraction of sp³-hybridized carbons (Fsp3) is 0.636. The molecule has 1 aliphatic carbocycles. The molecule has 1 heterocycles. The second-order valence-corrected chi connectivity index (χ2v) is 4.79. The molecular formula is C11H18N4O. The molecule has 0 amide bonds. The van der Waals surface area contributed by atoms with Gasteiger partial charge in [0.15, 0.2) is 0 Å². The molecule has 5 nitrogen and oxygen atoms in total. The Hall–Kier alpha value is -1.36. The number of rotatable bonds is 3. The second-order valence-electron chi connectivity index (χ2n) is 4.79. The topological polar surface area (TPSA) is 70.1 Å². The average Bonchev–Trinajstić information content (AvgIpc) is 2.29. The van der Waals surface area contributed by atoms with Gasteiger partial charge < -0.3 is 15.7 Å². The van der Waals surface area contributed by atoms with Crippen LogP contribution in [0, 0.1) is 5.41 Å².